The molecule has 0 N–H and O–H groups in total. The number of allylic oxidation sites excluding steroid dienone is 2. The summed E-state index contributed by atoms with van der Waals surface area (Å²) in [6, 6.07) is 75.9. The second-order valence-electron chi connectivity index (χ2n) is 16.0. The lowest BCUT2D eigenvalue weighted by molar-refractivity contribution is 0.795. The zero-order valence-corrected chi connectivity index (χ0v) is 33.0. The summed E-state index contributed by atoms with van der Waals surface area (Å²) in [4.78, 5) is 2.52. The number of anilines is 2. The molecule has 9 aromatic carbocycles. The molecule has 2 aliphatic rings. The van der Waals surface area contributed by atoms with Crippen LogP contribution in [0.5, 0.6) is 0 Å². The van der Waals surface area contributed by atoms with Gasteiger partial charge in [-0.2, -0.15) is 0 Å². The van der Waals surface area contributed by atoms with Crippen molar-refractivity contribution in [2.75, 3.05) is 4.90 Å². The van der Waals surface area contributed by atoms with E-state index in [1.165, 1.54) is 93.9 Å². The van der Waals surface area contributed by atoms with Crippen LogP contribution in [0.25, 0.3) is 88.3 Å². The molecule has 60 heavy (non-hydrogen) atoms. The van der Waals surface area contributed by atoms with E-state index in [9.17, 15) is 0 Å². The number of aromatic nitrogens is 1. The first-order valence-corrected chi connectivity index (χ1v) is 20.9. The molecule has 0 saturated carbocycles. The molecule has 2 aliphatic carbocycles. The summed E-state index contributed by atoms with van der Waals surface area (Å²) in [5.41, 5.74) is 18.7. The molecule has 10 aromatic rings. The van der Waals surface area contributed by atoms with Crippen LogP contribution in [-0.2, 0) is 0 Å². The van der Waals surface area contributed by atoms with E-state index in [0.29, 0.717) is 0 Å². The number of rotatable bonds is 7. The maximum Gasteiger partial charge on any atom is 0.0565 e. The van der Waals surface area contributed by atoms with Crippen molar-refractivity contribution in [1.29, 1.82) is 0 Å². The minimum Gasteiger partial charge on any atom is -0.334 e. The summed E-state index contributed by atoms with van der Waals surface area (Å²) < 4.78 is 2.38. The molecule has 12 rings (SSSR count). The number of hydrogen-bond donors (Lipinski definition) is 0. The van der Waals surface area contributed by atoms with Crippen molar-refractivity contribution in [2.45, 2.75) is 12.5 Å². The minimum atomic E-state index is 0.112. The lowest BCUT2D eigenvalue weighted by Gasteiger charge is -2.35. The van der Waals surface area contributed by atoms with E-state index in [2.05, 4.69) is 234 Å². The lowest BCUT2D eigenvalue weighted by atomic mass is 9.89. The van der Waals surface area contributed by atoms with Gasteiger partial charge in [-0.1, -0.05) is 170 Å². The first-order valence-electron chi connectivity index (χ1n) is 20.9. The predicted molar refractivity (Wildman–Crippen MR) is 254 cm³/mol. The summed E-state index contributed by atoms with van der Waals surface area (Å²) in [6.07, 6.45) is 7.82. The van der Waals surface area contributed by atoms with Crippen LogP contribution in [0.1, 0.15) is 12.0 Å². The van der Waals surface area contributed by atoms with Gasteiger partial charge in [0.15, 0.2) is 0 Å². The molecule has 0 saturated heterocycles. The van der Waals surface area contributed by atoms with E-state index in [4.69, 9.17) is 0 Å². The van der Waals surface area contributed by atoms with E-state index in [1.807, 2.05) is 0 Å². The molecule has 0 bridgehead atoms. The molecule has 0 aliphatic heterocycles. The highest BCUT2D eigenvalue weighted by atomic mass is 15.2. The van der Waals surface area contributed by atoms with Gasteiger partial charge in [0, 0.05) is 27.8 Å². The molecule has 2 heteroatoms. The van der Waals surface area contributed by atoms with Crippen molar-refractivity contribution in [1.82, 2.24) is 4.57 Å². The Morgan fingerprint density at radius 2 is 1.03 bits per heavy atom. The molecule has 2 nitrogen and oxygen atoms in total. The fourth-order valence-electron chi connectivity index (χ4n) is 9.95. The fraction of sp³-hybridized carbons (Fsp3) is 0.0345. The third-order valence-corrected chi connectivity index (χ3v) is 12.7. The standard InChI is InChI=1S/C58H40N2/c1-3-14-39(15-4-1)54-38-47(33-35-48(54)40-28-31-45(32-29-40)60-56-26-9-7-22-50(56)51-23-8-10-27-57(51)60)59(44-19-5-2-6-20-44)46-21-11-18-42(36-46)43-30-34-49-52-24-12-16-41-17-13-25-53(58(41)52)55(49)37-43/h1-35,37-38,46H,36H2. The highest BCUT2D eigenvalue weighted by molar-refractivity contribution is 6.15. The first-order chi connectivity index (χ1) is 29.8. The van der Waals surface area contributed by atoms with Gasteiger partial charge in [-0.15, -0.1) is 0 Å². The van der Waals surface area contributed by atoms with Gasteiger partial charge in [-0.25, -0.2) is 0 Å². The number of fused-ring (bicyclic) bond motifs is 6. The van der Waals surface area contributed by atoms with Gasteiger partial charge in [0.25, 0.3) is 0 Å². The molecule has 1 unspecified atom stereocenters. The summed E-state index contributed by atoms with van der Waals surface area (Å²) >= 11 is 0. The Morgan fingerprint density at radius 3 is 1.77 bits per heavy atom. The van der Waals surface area contributed by atoms with Crippen molar-refractivity contribution in [2.24, 2.45) is 0 Å². The Bertz CT molecular complexity index is 3270. The summed E-state index contributed by atoms with van der Waals surface area (Å²) in [5, 5.41) is 5.22. The van der Waals surface area contributed by atoms with E-state index >= 15 is 0 Å². The monoisotopic (exact) mass is 764 g/mol. The molecule has 0 radical (unpaired) electrons. The van der Waals surface area contributed by atoms with Crippen molar-refractivity contribution < 1.29 is 0 Å². The molecule has 0 amide bonds. The van der Waals surface area contributed by atoms with Crippen LogP contribution in [0, 0.1) is 0 Å². The molecule has 0 fully saturated rings. The second-order valence-corrected chi connectivity index (χ2v) is 16.0. The highest BCUT2D eigenvalue weighted by Gasteiger charge is 2.26. The maximum absolute atomic E-state index is 2.52. The SMILES string of the molecule is C1=CC(N(c2ccccc2)c2ccc(-c3ccc(-n4c5ccccc5c5ccccc54)cc3)c(-c3ccccc3)c2)CC(c2ccc3c(c2)-c2cccc4cccc-3c24)=C1. The van der Waals surface area contributed by atoms with Crippen LogP contribution >= 0.6 is 0 Å². The Balaban J connectivity index is 0.924. The maximum atomic E-state index is 2.52. The molecule has 1 aromatic heterocycles. The van der Waals surface area contributed by atoms with Crippen molar-refractivity contribution in [3.8, 4) is 50.2 Å². The zero-order valence-electron chi connectivity index (χ0n) is 33.0. The lowest BCUT2D eigenvalue weighted by Crippen LogP contribution is -2.30. The Kier molecular flexibility index (Phi) is 8.02. The van der Waals surface area contributed by atoms with Gasteiger partial charge < -0.3 is 9.47 Å². The minimum absolute atomic E-state index is 0.112. The van der Waals surface area contributed by atoms with Crippen LogP contribution in [0.3, 0.4) is 0 Å². The second kappa shape index (κ2) is 14.0. The van der Waals surface area contributed by atoms with E-state index in [0.717, 1.165) is 17.8 Å². The summed E-state index contributed by atoms with van der Waals surface area (Å²) in [6.45, 7) is 0. The van der Waals surface area contributed by atoms with Crippen molar-refractivity contribution in [3.63, 3.8) is 0 Å². The quantitative estimate of drug-likeness (QED) is 0.157. The van der Waals surface area contributed by atoms with E-state index in [-0.39, 0.29) is 6.04 Å². The Hall–Kier alpha value is -7.68. The average Bonchev–Trinajstić information content (AvgIpc) is 3.83. The Labute approximate surface area is 350 Å². The molecule has 1 atom stereocenters. The molecule has 0 spiro atoms. The van der Waals surface area contributed by atoms with Gasteiger partial charge in [-0.05, 0) is 127 Å². The third-order valence-electron chi connectivity index (χ3n) is 12.7. The molecular weight excluding hydrogens is 725 g/mol. The molecule has 1 heterocycles. The summed E-state index contributed by atoms with van der Waals surface area (Å²) in [7, 11) is 0. The number of nitrogens with zero attached hydrogens (tertiary/aromatic N) is 2. The highest BCUT2D eigenvalue weighted by Crippen LogP contribution is 2.48. The number of hydrogen-bond acceptors (Lipinski definition) is 1. The van der Waals surface area contributed by atoms with Crippen LogP contribution in [-0.4, -0.2) is 10.6 Å². The van der Waals surface area contributed by atoms with Crippen LogP contribution in [0.2, 0.25) is 0 Å². The fourth-order valence-corrected chi connectivity index (χ4v) is 9.95. The normalized spacial score (nSPS) is 14.1. The van der Waals surface area contributed by atoms with Gasteiger partial charge in [-0.3, -0.25) is 0 Å². The van der Waals surface area contributed by atoms with Crippen molar-refractivity contribution in [3.05, 3.63) is 230 Å². The average molecular weight is 765 g/mol. The van der Waals surface area contributed by atoms with Gasteiger partial charge in [0.05, 0.1) is 17.1 Å². The van der Waals surface area contributed by atoms with Crippen LogP contribution < -0.4 is 4.90 Å². The van der Waals surface area contributed by atoms with Gasteiger partial charge >= 0.3 is 0 Å². The van der Waals surface area contributed by atoms with Crippen LogP contribution in [0.15, 0.2) is 224 Å². The van der Waals surface area contributed by atoms with Crippen molar-refractivity contribution >= 4 is 49.5 Å². The number of para-hydroxylation sites is 3. The number of benzene rings is 9. The smallest absolute Gasteiger partial charge is 0.0565 e. The third kappa shape index (κ3) is 5.56. The molecule has 282 valence electrons. The zero-order chi connectivity index (χ0) is 39.6. The topological polar surface area (TPSA) is 8.17 Å². The molecular formula is C58H40N2. The summed E-state index contributed by atoms with van der Waals surface area (Å²) in [5.74, 6) is 0. The predicted octanol–water partition coefficient (Wildman–Crippen LogP) is 15.5. The van der Waals surface area contributed by atoms with E-state index in [1.54, 1.807) is 0 Å². The van der Waals surface area contributed by atoms with Gasteiger partial charge in [0.1, 0.15) is 0 Å². The van der Waals surface area contributed by atoms with Crippen LogP contribution in [0.4, 0.5) is 11.4 Å². The first kappa shape index (κ1) is 34.4. The Morgan fingerprint density at radius 1 is 0.417 bits per heavy atom. The van der Waals surface area contributed by atoms with E-state index < -0.39 is 0 Å². The van der Waals surface area contributed by atoms with Gasteiger partial charge in [0.2, 0.25) is 0 Å². The largest absolute Gasteiger partial charge is 0.334 e.